The minimum absolute atomic E-state index is 0.275. The molecule has 1 saturated carbocycles. The third-order valence-electron chi connectivity index (χ3n) is 6.19. The van der Waals surface area contributed by atoms with E-state index in [4.69, 9.17) is 14.5 Å². The van der Waals surface area contributed by atoms with Crippen molar-refractivity contribution in [2.24, 2.45) is 0 Å². The Hall–Kier alpha value is -3.18. The first-order valence-corrected chi connectivity index (χ1v) is 10.6. The molecular formula is C26H27NO4. The Morgan fingerprint density at radius 1 is 0.935 bits per heavy atom. The highest BCUT2D eigenvalue weighted by Crippen LogP contribution is 2.38. The Kier molecular flexibility index (Phi) is 6.33. The molecule has 0 spiro atoms. The number of pyridine rings is 1. The molecule has 0 atom stereocenters. The Balaban J connectivity index is 1.74. The lowest BCUT2D eigenvalue weighted by molar-refractivity contribution is 0.0658. The number of carboxylic acid groups (broad SMARTS) is 1. The lowest BCUT2D eigenvalue weighted by atomic mass is 9.82. The second kappa shape index (κ2) is 9.31. The van der Waals surface area contributed by atoms with Crippen LogP contribution in [0, 0.1) is 0 Å². The number of methoxy groups -OCH3 is 2. The van der Waals surface area contributed by atoms with E-state index in [-0.39, 0.29) is 5.56 Å². The molecule has 2 aromatic carbocycles. The predicted molar refractivity (Wildman–Crippen MR) is 121 cm³/mol. The van der Waals surface area contributed by atoms with E-state index < -0.39 is 5.97 Å². The van der Waals surface area contributed by atoms with Gasteiger partial charge in [0, 0.05) is 24.4 Å². The minimum Gasteiger partial charge on any atom is -0.497 e. The van der Waals surface area contributed by atoms with Gasteiger partial charge in [0.2, 0.25) is 0 Å². The SMILES string of the molecule is COc1ccc(-c2ncc(C3CCC(OC)CC3)cc2-c2ccc(C(=O)O)cc2)cc1. The van der Waals surface area contributed by atoms with Gasteiger partial charge in [0.15, 0.2) is 0 Å². The Labute approximate surface area is 182 Å². The molecule has 5 heteroatoms. The summed E-state index contributed by atoms with van der Waals surface area (Å²) in [7, 11) is 3.44. The van der Waals surface area contributed by atoms with Crippen LogP contribution in [0.25, 0.3) is 22.4 Å². The Morgan fingerprint density at radius 2 is 1.58 bits per heavy atom. The van der Waals surface area contributed by atoms with Gasteiger partial charge < -0.3 is 14.6 Å². The number of benzene rings is 2. The zero-order valence-electron chi connectivity index (χ0n) is 17.9. The maximum atomic E-state index is 11.3. The van der Waals surface area contributed by atoms with Gasteiger partial charge in [-0.1, -0.05) is 12.1 Å². The largest absolute Gasteiger partial charge is 0.497 e. The number of ether oxygens (including phenoxy) is 2. The molecule has 1 aliphatic carbocycles. The molecule has 1 aliphatic rings. The summed E-state index contributed by atoms with van der Waals surface area (Å²) < 4.78 is 10.8. The fourth-order valence-electron chi connectivity index (χ4n) is 4.33. The molecule has 0 unspecified atom stereocenters. The summed E-state index contributed by atoms with van der Waals surface area (Å²) in [4.78, 5) is 16.1. The first-order valence-electron chi connectivity index (χ1n) is 10.6. The molecule has 1 aromatic heterocycles. The quantitative estimate of drug-likeness (QED) is 0.549. The van der Waals surface area contributed by atoms with Crippen LogP contribution >= 0.6 is 0 Å². The van der Waals surface area contributed by atoms with Gasteiger partial charge in [0.25, 0.3) is 0 Å². The van der Waals surface area contributed by atoms with Crippen LogP contribution in [0.2, 0.25) is 0 Å². The van der Waals surface area contributed by atoms with Gasteiger partial charge in [-0.25, -0.2) is 4.79 Å². The van der Waals surface area contributed by atoms with Crippen molar-refractivity contribution in [1.82, 2.24) is 4.98 Å². The number of rotatable bonds is 6. The number of carboxylic acids is 1. The van der Waals surface area contributed by atoms with E-state index in [0.717, 1.165) is 53.8 Å². The number of hydrogen-bond acceptors (Lipinski definition) is 4. The fourth-order valence-corrected chi connectivity index (χ4v) is 4.33. The smallest absolute Gasteiger partial charge is 0.335 e. The molecule has 0 saturated heterocycles. The fraction of sp³-hybridized carbons (Fsp3) is 0.308. The molecule has 0 radical (unpaired) electrons. The first kappa shape index (κ1) is 21.1. The van der Waals surface area contributed by atoms with Crippen molar-refractivity contribution in [2.75, 3.05) is 14.2 Å². The first-order chi connectivity index (χ1) is 15.1. The van der Waals surface area contributed by atoms with Crippen molar-refractivity contribution < 1.29 is 19.4 Å². The molecule has 1 fully saturated rings. The van der Waals surface area contributed by atoms with Gasteiger partial charge in [-0.15, -0.1) is 0 Å². The van der Waals surface area contributed by atoms with Crippen molar-refractivity contribution in [3.05, 3.63) is 71.9 Å². The van der Waals surface area contributed by atoms with Gasteiger partial charge in [-0.2, -0.15) is 0 Å². The molecule has 0 amide bonds. The molecule has 0 bridgehead atoms. The van der Waals surface area contributed by atoms with Gasteiger partial charge in [0.05, 0.1) is 24.5 Å². The molecular weight excluding hydrogens is 390 g/mol. The monoisotopic (exact) mass is 417 g/mol. The van der Waals surface area contributed by atoms with E-state index in [9.17, 15) is 9.90 Å². The standard InChI is InChI=1S/C26H27NO4/c1-30-22-11-7-17(8-12-22)21-15-24(18-3-5-20(6-4-18)26(28)29)25(27-16-21)19-9-13-23(31-2)14-10-19/h3-6,9-10,13-17,22H,7-8,11-12H2,1-2H3,(H,28,29). The lowest BCUT2D eigenvalue weighted by Crippen LogP contribution is -2.19. The van der Waals surface area contributed by atoms with E-state index in [0.29, 0.717) is 12.0 Å². The average Bonchev–Trinajstić information content (AvgIpc) is 2.84. The highest BCUT2D eigenvalue weighted by molar-refractivity contribution is 5.89. The maximum absolute atomic E-state index is 11.3. The summed E-state index contributed by atoms with van der Waals surface area (Å²) in [5.74, 6) is 0.326. The van der Waals surface area contributed by atoms with E-state index in [1.54, 1.807) is 26.4 Å². The molecule has 3 aromatic rings. The van der Waals surface area contributed by atoms with E-state index >= 15 is 0 Å². The van der Waals surface area contributed by atoms with Crippen molar-refractivity contribution >= 4 is 5.97 Å². The highest BCUT2D eigenvalue weighted by atomic mass is 16.5. The van der Waals surface area contributed by atoms with Crippen LogP contribution in [0.3, 0.4) is 0 Å². The van der Waals surface area contributed by atoms with Crippen molar-refractivity contribution in [1.29, 1.82) is 0 Å². The van der Waals surface area contributed by atoms with Crippen LogP contribution in [-0.4, -0.2) is 36.4 Å². The zero-order valence-corrected chi connectivity index (χ0v) is 17.9. The summed E-state index contributed by atoms with van der Waals surface area (Å²) in [6.07, 6.45) is 6.63. The van der Waals surface area contributed by atoms with Gasteiger partial charge >= 0.3 is 5.97 Å². The van der Waals surface area contributed by atoms with E-state index in [2.05, 4.69) is 6.07 Å². The van der Waals surface area contributed by atoms with E-state index in [1.165, 1.54) is 5.56 Å². The lowest BCUT2D eigenvalue weighted by Gasteiger charge is -2.28. The van der Waals surface area contributed by atoms with Crippen molar-refractivity contribution in [3.8, 4) is 28.1 Å². The number of aromatic carboxylic acids is 1. The Bertz CT molecular complexity index is 1040. The van der Waals surface area contributed by atoms with Crippen LogP contribution in [-0.2, 0) is 4.74 Å². The van der Waals surface area contributed by atoms with Crippen LogP contribution in [0.4, 0.5) is 0 Å². The number of hydrogen-bond donors (Lipinski definition) is 1. The van der Waals surface area contributed by atoms with Crippen LogP contribution < -0.4 is 4.74 Å². The zero-order chi connectivity index (χ0) is 21.8. The number of aromatic nitrogens is 1. The number of nitrogens with zero attached hydrogens (tertiary/aromatic N) is 1. The second-order valence-corrected chi connectivity index (χ2v) is 7.99. The van der Waals surface area contributed by atoms with Crippen LogP contribution in [0.1, 0.15) is 47.5 Å². The molecule has 31 heavy (non-hydrogen) atoms. The third-order valence-corrected chi connectivity index (χ3v) is 6.19. The minimum atomic E-state index is -0.927. The summed E-state index contributed by atoms with van der Waals surface area (Å²) in [5.41, 5.74) is 5.33. The van der Waals surface area contributed by atoms with Crippen LogP contribution in [0.5, 0.6) is 5.75 Å². The van der Waals surface area contributed by atoms with Crippen molar-refractivity contribution in [3.63, 3.8) is 0 Å². The maximum Gasteiger partial charge on any atom is 0.335 e. The average molecular weight is 418 g/mol. The van der Waals surface area contributed by atoms with Crippen molar-refractivity contribution in [2.45, 2.75) is 37.7 Å². The highest BCUT2D eigenvalue weighted by Gasteiger charge is 2.23. The summed E-state index contributed by atoms with van der Waals surface area (Å²) >= 11 is 0. The summed E-state index contributed by atoms with van der Waals surface area (Å²) in [6, 6.07) is 17.1. The van der Waals surface area contributed by atoms with Crippen LogP contribution in [0.15, 0.2) is 60.8 Å². The third kappa shape index (κ3) is 4.62. The molecule has 1 N–H and O–H groups in total. The molecule has 0 aliphatic heterocycles. The topological polar surface area (TPSA) is 68.7 Å². The molecule has 5 nitrogen and oxygen atoms in total. The summed E-state index contributed by atoms with van der Waals surface area (Å²) in [6.45, 7) is 0. The van der Waals surface area contributed by atoms with Gasteiger partial charge in [-0.05, 0) is 85.2 Å². The summed E-state index contributed by atoms with van der Waals surface area (Å²) in [5, 5.41) is 9.25. The normalized spacial score (nSPS) is 18.5. The molecule has 1 heterocycles. The van der Waals surface area contributed by atoms with E-state index in [1.807, 2.05) is 42.6 Å². The molecule has 160 valence electrons. The predicted octanol–water partition coefficient (Wildman–Crippen LogP) is 5.80. The van der Waals surface area contributed by atoms with Gasteiger partial charge in [0.1, 0.15) is 5.75 Å². The Morgan fingerprint density at radius 3 is 2.16 bits per heavy atom. The second-order valence-electron chi connectivity index (χ2n) is 7.99. The van der Waals surface area contributed by atoms with Gasteiger partial charge in [-0.3, -0.25) is 4.98 Å². The molecule has 4 rings (SSSR count). The number of carbonyl (C=O) groups is 1.